The summed E-state index contributed by atoms with van der Waals surface area (Å²) in [6.45, 7) is 1.34. The van der Waals surface area contributed by atoms with Crippen molar-refractivity contribution in [3.05, 3.63) is 60.4 Å². The second kappa shape index (κ2) is 9.86. The number of thioether (sulfide) groups is 1. The van der Waals surface area contributed by atoms with Crippen LogP contribution in [-0.2, 0) is 11.2 Å². The number of amides is 2. The molecule has 0 aliphatic carbocycles. The fraction of sp³-hybridized carbons (Fsp3) is 0.273. The van der Waals surface area contributed by atoms with E-state index in [1.807, 2.05) is 48.5 Å². The topological polar surface area (TPSA) is 113 Å². The van der Waals surface area contributed by atoms with Crippen LogP contribution in [0.15, 0.2) is 59.2 Å². The van der Waals surface area contributed by atoms with E-state index in [1.54, 1.807) is 6.26 Å². The number of anilines is 1. The minimum atomic E-state index is -0.621. The summed E-state index contributed by atoms with van der Waals surface area (Å²) in [6.07, 6.45) is 1.80. The molecule has 2 heterocycles. The zero-order valence-electron chi connectivity index (χ0n) is 16.7. The smallest absolute Gasteiger partial charge is 0.288 e. The monoisotopic (exact) mass is 441 g/mol. The number of ether oxygens (including phenoxy) is 1. The van der Waals surface area contributed by atoms with Crippen LogP contribution in [0.1, 0.15) is 5.56 Å². The van der Waals surface area contributed by atoms with Gasteiger partial charge in [-0.2, -0.15) is 0 Å². The van der Waals surface area contributed by atoms with E-state index in [-0.39, 0.29) is 17.8 Å². The van der Waals surface area contributed by atoms with Gasteiger partial charge in [-0.1, -0.05) is 12.1 Å². The molecule has 0 spiro atoms. The molecule has 3 aromatic rings. The number of aliphatic hydroxyl groups is 1. The van der Waals surface area contributed by atoms with Crippen molar-refractivity contribution < 1.29 is 23.8 Å². The lowest BCUT2D eigenvalue weighted by molar-refractivity contribution is -0.118. The van der Waals surface area contributed by atoms with Gasteiger partial charge in [0.2, 0.25) is 0 Å². The molecule has 4 N–H and O–H groups in total. The lowest BCUT2D eigenvalue weighted by atomic mass is 10.1. The quantitative estimate of drug-likeness (QED) is 0.355. The lowest BCUT2D eigenvalue weighted by Crippen LogP contribution is -2.32. The normalized spacial score (nSPS) is 17.0. The third-order valence-corrected chi connectivity index (χ3v) is 5.66. The van der Waals surface area contributed by atoms with Crippen LogP contribution in [0, 0.1) is 0 Å². The van der Waals surface area contributed by atoms with E-state index >= 15 is 0 Å². The van der Waals surface area contributed by atoms with Gasteiger partial charge >= 0.3 is 0 Å². The molecule has 162 valence electrons. The largest absolute Gasteiger partial charge is 0.491 e. The molecule has 1 aliphatic heterocycles. The van der Waals surface area contributed by atoms with Crippen molar-refractivity contribution in [2.45, 2.75) is 17.9 Å². The Balaban J connectivity index is 1.14. The molecule has 0 radical (unpaired) electrons. The highest BCUT2D eigenvalue weighted by molar-refractivity contribution is 8.15. The first kappa shape index (κ1) is 21.2. The van der Waals surface area contributed by atoms with Gasteiger partial charge in [0.05, 0.1) is 6.26 Å². The summed E-state index contributed by atoms with van der Waals surface area (Å²) in [4.78, 5) is 22.8. The summed E-state index contributed by atoms with van der Waals surface area (Å²) in [5, 5.41) is 18.7. The number of imide groups is 1. The Morgan fingerprint density at radius 2 is 2.00 bits per heavy atom. The van der Waals surface area contributed by atoms with Gasteiger partial charge in [0, 0.05) is 17.6 Å². The molecule has 1 aliphatic rings. The van der Waals surface area contributed by atoms with E-state index in [0.717, 1.165) is 40.4 Å². The molecule has 1 saturated heterocycles. The number of carbonyl (C=O) groups is 2. The van der Waals surface area contributed by atoms with E-state index in [2.05, 4.69) is 16.0 Å². The number of hydrogen-bond donors (Lipinski definition) is 4. The number of furan rings is 1. The number of rotatable bonds is 10. The summed E-state index contributed by atoms with van der Waals surface area (Å²) >= 11 is 0.937. The Kier molecular flexibility index (Phi) is 6.76. The zero-order valence-corrected chi connectivity index (χ0v) is 17.5. The first-order valence-electron chi connectivity index (χ1n) is 9.92. The van der Waals surface area contributed by atoms with Gasteiger partial charge in [-0.25, -0.2) is 0 Å². The Hall–Kier alpha value is -3.01. The van der Waals surface area contributed by atoms with Crippen LogP contribution in [-0.4, -0.2) is 47.4 Å². The number of fused-ring (bicyclic) bond motifs is 1. The Morgan fingerprint density at radius 3 is 2.77 bits per heavy atom. The molecule has 1 aromatic heterocycles. The van der Waals surface area contributed by atoms with Crippen LogP contribution >= 0.6 is 11.8 Å². The highest BCUT2D eigenvalue weighted by atomic mass is 32.2. The van der Waals surface area contributed by atoms with E-state index in [9.17, 15) is 14.7 Å². The molecule has 1 fully saturated rings. The van der Waals surface area contributed by atoms with Gasteiger partial charge in [0.1, 0.15) is 24.0 Å². The molecule has 9 heteroatoms. The molecule has 4 rings (SSSR count). The Bertz CT molecular complexity index is 1050. The molecule has 31 heavy (non-hydrogen) atoms. The number of carbonyl (C=O) groups excluding carboxylic acids is 2. The van der Waals surface area contributed by atoms with E-state index < -0.39 is 11.5 Å². The SMILES string of the molecule is O=C1NC(=O)C(Nc2ccc(CCNC[C@H](O)COc3ccc4occc4c3)cc2)S1. The van der Waals surface area contributed by atoms with Gasteiger partial charge in [0.25, 0.3) is 11.1 Å². The van der Waals surface area contributed by atoms with Crippen molar-refractivity contribution in [1.29, 1.82) is 0 Å². The molecule has 0 bridgehead atoms. The van der Waals surface area contributed by atoms with Crippen LogP contribution < -0.4 is 20.7 Å². The molecular formula is C22H23N3O5S. The maximum absolute atomic E-state index is 11.6. The van der Waals surface area contributed by atoms with Crippen LogP contribution in [0.2, 0.25) is 0 Å². The predicted octanol–water partition coefficient (Wildman–Crippen LogP) is 2.73. The zero-order chi connectivity index (χ0) is 21.6. The minimum Gasteiger partial charge on any atom is -0.491 e. The fourth-order valence-electron chi connectivity index (χ4n) is 3.16. The van der Waals surface area contributed by atoms with E-state index in [1.165, 1.54) is 0 Å². The number of aliphatic hydroxyl groups excluding tert-OH is 1. The first-order chi connectivity index (χ1) is 15.1. The maximum Gasteiger partial charge on any atom is 0.288 e. The average molecular weight is 442 g/mol. The van der Waals surface area contributed by atoms with Gasteiger partial charge < -0.3 is 24.9 Å². The summed E-state index contributed by atoms with van der Waals surface area (Å²) < 4.78 is 10.9. The van der Waals surface area contributed by atoms with Crippen molar-refractivity contribution in [2.24, 2.45) is 0 Å². The number of benzene rings is 2. The third-order valence-electron chi connectivity index (χ3n) is 4.78. The molecule has 2 atom stereocenters. The summed E-state index contributed by atoms with van der Waals surface area (Å²) in [5.74, 6) is 0.368. The fourth-order valence-corrected chi connectivity index (χ4v) is 3.89. The van der Waals surface area contributed by atoms with Crippen molar-refractivity contribution in [3.8, 4) is 5.75 Å². The number of nitrogens with one attached hydrogen (secondary N) is 3. The van der Waals surface area contributed by atoms with Crippen LogP contribution in [0.5, 0.6) is 5.75 Å². The minimum absolute atomic E-state index is 0.200. The maximum atomic E-state index is 11.6. The second-order valence-corrected chi connectivity index (χ2v) is 8.23. The van der Waals surface area contributed by atoms with Crippen LogP contribution in [0.3, 0.4) is 0 Å². The molecule has 2 aromatic carbocycles. The van der Waals surface area contributed by atoms with Crippen molar-refractivity contribution in [1.82, 2.24) is 10.6 Å². The molecule has 8 nitrogen and oxygen atoms in total. The molecule has 1 unspecified atom stereocenters. The highest BCUT2D eigenvalue weighted by Gasteiger charge is 2.31. The summed E-state index contributed by atoms with van der Waals surface area (Å²) in [7, 11) is 0. The van der Waals surface area contributed by atoms with Crippen molar-refractivity contribution in [3.63, 3.8) is 0 Å². The Labute approximate surface area is 183 Å². The molecule has 0 saturated carbocycles. The van der Waals surface area contributed by atoms with Crippen LogP contribution in [0.25, 0.3) is 11.0 Å². The second-order valence-electron chi connectivity index (χ2n) is 7.16. The summed E-state index contributed by atoms with van der Waals surface area (Å²) in [5.41, 5.74) is 2.70. The molecular weight excluding hydrogens is 418 g/mol. The van der Waals surface area contributed by atoms with Gasteiger partial charge in [0.15, 0.2) is 5.37 Å². The number of hydrogen-bond acceptors (Lipinski definition) is 8. The lowest BCUT2D eigenvalue weighted by Gasteiger charge is -2.14. The average Bonchev–Trinajstić information content (AvgIpc) is 3.36. The Morgan fingerprint density at radius 1 is 1.16 bits per heavy atom. The van der Waals surface area contributed by atoms with Gasteiger partial charge in [-0.3, -0.25) is 14.9 Å². The van der Waals surface area contributed by atoms with Crippen LogP contribution in [0.4, 0.5) is 10.5 Å². The van der Waals surface area contributed by atoms with Crippen molar-refractivity contribution in [2.75, 3.05) is 25.0 Å². The van der Waals surface area contributed by atoms with E-state index in [0.29, 0.717) is 18.8 Å². The third kappa shape index (κ3) is 5.78. The first-order valence-corrected chi connectivity index (χ1v) is 10.8. The van der Waals surface area contributed by atoms with Gasteiger partial charge in [-0.15, -0.1) is 0 Å². The molecule has 2 amide bonds. The van der Waals surface area contributed by atoms with Crippen molar-refractivity contribution >= 4 is 39.6 Å². The van der Waals surface area contributed by atoms with E-state index in [4.69, 9.17) is 9.15 Å². The van der Waals surface area contributed by atoms with Gasteiger partial charge in [-0.05, 0) is 66.7 Å². The standard InChI is InChI=1S/C22H23N3O5S/c26-17(13-30-18-5-6-19-15(11-18)8-10-29-19)12-23-9-7-14-1-3-16(4-2-14)24-21-20(27)25-22(28)31-21/h1-6,8,10-11,17,21,23-24,26H,7,9,12-13H2,(H,25,27,28)/t17-,21?/m0/s1. The summed E-state index contributed by atoms with van der Waals surface area (Å²) in [6, 6.07) is 15.1. The highest BCUT2D eigenvalue weighted by Crippen LogP contribution is 2.22. The predicted molar refractivity (Wildman–Crippen MR) is 119 cm³/mol.